The molecule has 0 fully saturated rings. The van der Waals surface area contributed by atoms with Crippen molar-refractivity contribution in [1.29, 1.82) is 0 Å². The van der Waals surface area contributed by atoms with E-state index in [0.717, 1.165) is 6.26 Å². The molecule has 0 aliphatic heterocycles. The van der Waals surface area contributed by atoms with Crippen LogP contribution < -0.4 is 4.72 Å². The Balaban J connectivity index is 2.29. The molecule has 0 aliphatic rings. The number of halogens is 1. The third-order valence-electron chi connectivity index (χ3n) is 2.66. The number of sulfone groups is 1. The van der Waals surface area contributed by atoms with Crippen LogP contribution in [0.5, 0.6) is 0 Å². The Hall–Kier alpha value is -1.57. The van der Waals surface area contributed by atoms with Crippen molar-refractivity contribution >= 4 is 37.1 Å². The molecular weight excluding hydrogens is 334 g/mol. The summed E-state index contributed by atoms with van der Waals surface area (Å²) in [5.74, 6) is 0. The van der Waals surface area contributed by atoms with Crippen LogP contribution in [0.15, 0.2) is 58.3 Å². The van der Waals surface area contributed by atoms with Gasteiger partial charge in [0.25, 0.3) is 10.0 Å². The fourth-order valence-corrected chi connectivity index (χ4v) is 3.41. The minimum absolute atomic E-state index is 0.0233. The van der Waals surface area contributed by atoms with Gasteiger partial charge in [-0.25, -0.2) is 16.8 Å². The minimum atomic E-state index is -3.78. The van der Waals surface area contributed by atoms with Crippen LogP contribution in [0, 0.1) is 0 Å². The summed E-state index contributed by atoms with van der Waals surface area (Å²) in [6.07, 6.45) is 1.06. The Morgan fingerprint density at radius 1 is 0.810 bits per heavy atom. The first-order chi connectivity index (χ1) is 9.68. The normalized spacial score (nSPS) is 12.1. The van der Waals surface area contributed by atoms with Crippen LogP contribution in [-0.2, 0) is 19.9 Å². The van der Waals surface area contributed by atoms with Crippen LogP contribution >= 0.6 is 11.6 Å². The summed E-state index contributed by atoms with van der Waals surface area (Å²) < 4.78 is 49.4. The predicted molar refractivity (Wildman–Crippen MR) is 81.8 cm³/mol. The van der Waals surface area contributed by atoms with Gasteiger partial charge in [0, 0.05) is 17.0 Å². The predicted octanol–water partition coefficient (Wildman–Crippen LogP) is 2.54. The fraction of sp³-hybridized carbons (Fsp3) is 0.0769. The monoisotopic (exact) mass is 345 g/mol. The maximum absolute atomic E-state index is 12.2. The van der Waals surface area contributed by atoms with Crippen LogP contribution in [0.2, 0.25) is 5.02 Å². The topological polar surface area (TPSA) is 80.3 Å². The number of hydrogen-bond donors (Lipinski definition) is 1. The Kier molecular flexibility index (Phi) is 4.27. The highest BCUT2D eigenvalue weighted by Gasteiger charge is 2.15. The molecule has 0 saturated carbocycles. The second-order valence-electron chi connectivity index (χ2n) is 4.36. The molecule has 0 bridgehead atoms. The first-order valence-electron chi connectivity index (χ1n) is 5.77. The molecule has 0 unspecified atom stereocenters. The van der Waals surface area contributed by atoms with Gasteiger partial charge < -0.3 is 0 Å². The summed E-state index contributed by atoms with van der Waals surface area (Å²) in [6, 6.07) is 11.2. The first-order valence-corrected chi connectivity index (χ1v) is 9.52. The van der Waals surface area contributed by atoms with Gasteiger partial charge in [-0.3, -0.25) is 4.72 Å². The largest absolute Gasteiger partial charge is 0.280 e. The molecule has 0 radical (unpaired) electrons. The van der Waals surface area contributed by atoms with Crippen molar-refractivity contribution in [3.8, 4) is 0 Å². The number of hydrogen-bond acceptors (Lipinski definition) is 4. The van der Waals surface area contributed by atoms with Gasteiger partial charge in [-0.2, -0.15) is 0 Å². The summed E-state index contributed by atoms with van der Waals surface area (Å²) in [5.41, 5.74) is 0.367. The Bertz CT molecular complexity index is 842. The zero-order valence-corrected chi connectivity index (χ0v) is 13.3. The lowest BCUT2D eigenvalue weighted by atomic mass is 10.3. The van der Waals surface area contributed by atoms with Crippen LogP contribution in [0.1, 0.15) is 0 Å². The molecule has 21 heavy (non-hydrogen) atoms. The summed E-state index contributed by atoms with van der Waals surface area (Å²) in [5, 5.41) is 0.496. The Morgan fingerprint density at radius 2 is 1.29 bits per heavy atom. The van der Waals surface area contributed by atoms with Crippen molar-refractivity contribution in [2.24, 2.45) is 0 Å². The molecule has 0 saturated heterocycles. The molecule has 2 aromatic rings. The molecule has 112 valence electrons. The van der Waals surface area contributed by atoms with Crippen LogP contribution in [-0.4, -0.2) is 23.1 Å². The quantitative estimate of drug-likeness (QED) is 0.923. The van der Waals surface area contributed by atoms with E-state index >= 15 is 0 Å². The van der Waals surface area contributed by atoms with Crippen molar-refractivity contribution in [3.63, 3.8) is 0 Å². The second kappa shape index (κ2) is 5.67. The van der Waals surface area contributed by atoms with Gasteiger partial charge >= 0.3 is 0 Å². The van der Waals surface area contributed by atoms with Crippen molar-refractivity contribution in [2.75, 3.05) is 11.0 Å². The van der Waals surface area contributed by atoms with Crippen LogP contribution in [0.3, 0.4) is 0 Å². The highest BCUT2D eigenvalue weighted by Crippen LogP contribution is 2.19. The van der Waals surface area contributed by atoms with Crippen LogP contribution in [0.25, 0.3) is 0 Å². The number of nitrogens with one attached hydrogen (secondary N) is 1. The molecule has 8 heteroatoms. The maximum Gasteiger partial charge on any atom is 0.261 e. The highest BCUT2D eigenvalue weighted by molar-refractivity contribution is 7.92. The summed E-state index contributed by atoms with van der Waals surface area (Å²) in [6.45, 7) is 0. The third-order valence-corrected chi connectivity index (χ3v) is 5.44. The van der Waals surface area contributed by atoms with Gasteiger partial charge in [0.2, 0.25) is 0 Å². The van der Waals surface area contributed by atoms with Gasteiger partial charge in [-0.05, 0) is 48.5 Å². The zero-order valence-electron chi connectivity index (χ0n) is 10.9. The number of rotatable bonds is 4. The SMILES string of the molecule is CS(=O)(=O)c1ccc(S(=O)(=O)Nc2ccc(Cl)cc2)cc1. The van der Waals surface area contributed by atoms with Crippen molar-refractivity contribution < 1.29 is 16.8 Å². The second-order valence-corrected chi connectivity index (χ2v) is 8.49. The van der Waals surface area contributed by atoms with Crippen molar-refractivity contribution in [3.05, 3.63) is 53.6 Å². The van der Waals surface area contributed by atoms with Gasteiger partial charge in [0.15, 0.2) is 9.84 Å². The molecule has 5 nitrogen and oxygen atoms in total. The molecule has 2 rings (SSSR count). The van der Waals surface area contributed by atoms with E-state index < -0.39 is 19.9 Å². The molecular formula is C13H12ClNO4S2. The van der Waals surface area contributed by atoms with E-state index in [1.807, 2.05) is 0 Å². The smallest absolute Gasteiger partial charge is 0.261 e. The number of anilines is 1. The van der Waals surface area contributed by atoms with Crippen molar-refractivity contribution in [2.45, 2.75) is 9.79 Å². The molecule has 0 amide bonds. The lowest BCUT2D eigenvalue weighted by molar-refractivity contribution is 0.597. The first kappa shape index (κ1) is 15.8. The van der Waals surface area contributed by atoms with Gasteiger partial charge in [-0.1, -0.05) is 11.6 Å². The Morgan fingerprint density at radius 3 is 1.76 bits per heavy atom. The molecule has 0 spiro atoms. The lowest BCUT2D eigenvalue weighted by Crippen LogP contribution is -2.13. The number of sulfonamides is 1. The average Bonchev–Trinajstić information content (AvgIpc) is 2.40. The van der Waals surface area contributed by atoms with E-state index in [1.54, 1.807) is 12.1 Å². The maximum atomic E-state index is 12.2. The minimum Gasteiger partial charge on any atom is -0.280 e. The summed E-state index contributed by atoms with van der Waals surface area (Å²) in [4.78, 5) is 0.0396. The van der Waals surface area contributed by atoms with E-state index in [9.17, 15) is 16.8 Å². The molecule has 0 aliphatic carbocycles. The van der Waals surface area contributed by atoms with E-state index in [0.29, 0.717) is 10.7 Å². The standard InChI is InChI=1S/C13H12ClNO4S2/c1-20(16,17)12-6-8-13(9-7-12)21(18,19)15-11-4-2-10(14)3-5-11/h2-9,15H,1H3. The Labute approximate surface area is 128 Å². The van der Waals surface area contributed by atoms with E-state index in [4.69, 9.17) is 11.6 Å². The molecule has 1 N–H and O–H groups in total. The fourth-order valence-electron chi connectivity index (χ4n) is 1.60. The molecule has 2 aromatic carbocycles. The van der Waals surface area contributed by atoms with Gasteiger partial charge in [0.1, 0.15) is 0 Å². The third kappa shape index (κ3) is 3.96. The van der Waals surface area contributed by atoms with E-state index in [2.05, 4.69) is 4.72 Å². The molecule has 0 aromatic heterocycles. The van der Waals surface area contributed by atoms with E-state index in [1.165, 1.54) is 36.4 Å². The number of benzene rings is 2. The van der Waals surface area contributed by atoms with Crippen LogP contribution in [0.4, 0.5) is 5.69 Å². The van der Waals surface area contributed by atoms with Gasteiger partial charge in [-0.15, -0.1) is 0 Å². The summed E-state index contributed by atoms with van der Waals surface area (Å²) >= 11 is 5.73. The van der Waals surface area contributed by atoms with E-state index in [-0.39, 0.29) is 9.79 Å². The lowest BCUT2D eigenvalue weighted by Gasteiger charge is -2.08. The van der Waals surface area contributed by atoms with Gasteiger partial charge in [0.05, 0.1) is 9.79 Å². The molecule has 0 heterocycles. The summed E-state index contributed by atoms with van der Waals surface area (Å²) in [7, 11) is -7.13. The highest BCUT2D eigenvalue weighted by atomic mass is 35.5. The zero-order chi connectivity index (χ0) is 15.7. The van der Waals surface area contributed by atoms with Crippen molar-refractivity contribution in [1.82, 2.24) is 0 Å². The average molecular weight is 346 g/mol. The molecule has 0 atom stereocenters.